The minimum absolute atomic E-state index is 0.0761. The van der Waals surface area contributed by atoms with Gasteiger partial charge in [-0.25, -0.2) is 0 Å². The summed E-state index contributed by atoms with van der Waals surface area (Å²) in [6.07, 6.45) is 0.637. The third-order valence-corrected chi connectivity index (χ3v) is 3.92. The summed E-state index contributed by atoms with van der Waals surface area (Å²) >= 11 is 0. The van der Waals surface area contributed by atoms with Crippen LogP contribution in [-0.2, 0) is 16.0 Å². The van der Waals surface area contributed by atoms with E-state index in [-0.39, 0.29) is 18.1 Å². The Morgan fingerprint density at radius 2 is 1.91 bits per heavy atom. The Labute approximate surface area is 130 Å². The first-order valence-corrected chi connectivity index (χ1v) is 7.37. The number of esters is 1. The predicted octanol–water partition coefficient (Wildman–Crippen LogP) is 3.23. The molecule has 0 bridgehead atoms. The Kier molecular flexibility index (Phi) is 4.11. The van der Waals surface area contributed by atoms with Gasteiger partial charge < -0.3 is 9.47 Å². The number of rotatable bonds is 3. The molecule has 4 heteroatoms. The predicted molar refractivity (Wildman–Crippen MR) is 84.0 cm³/mol. The van der Waals surface area contributed by atoms with Gasteiger partial charge in [0.25, 0.3) is 0 Å². The molecule has 2 aromatic rings. The molecule has 0 saturated heterocycles. The van der Waals surface area contributed by atoms with E-state index in [1.807, 2.05) is 55.5 Å². The second-order valence-electron chi connectivity index (χ2n) is 5.44. The molecule has 0 saturated carbocycles. The molecule has 0 spiro atoms. The van der Waals surface area contributed by atoms with Crippen molar-refractivity contribution < 1.29 is 14.3 Å². The topological polar surface area (TPSA) is 47.6 Å². The Balaban J connectivity index is 1.82. The average molecular weight is 297 g/mol. The molecule has 0 aliphatic carbocycles. The lowest BCUT2D eigenvalue weighted by molar-refractivity contribution is -0.143. The van der Waals surface area contributed by atoms with E-state index in [1.54, 1.807) is 0 Å². The Morgan fingerprint density at radius 1 is 1.14 bits per heavy atom. The van der Waals surface area contributed by atoms with Crippen LogP contribution in [0, 0.1) is 0 Å². The van der Waals surface area contributed by atoms with Crippen molar-refractivity contribution in [1.29, 1.82) is 0 Å². The van der Waals surface area contributed by atoms with Crippen LogP contribution in [0.3, 0.4) is 0 Å². The molecule has 0 fully saturated rings. The molecule has 1 N–H and O–H groups in total. The van der Waals surface area contributed by atoms with Crippen molar-refractivity contribution >= 4 is 5.97 Å². The Morgan fingerprint density at radius 3 is 2.64 bits per heavy atom. The van der Waals surface area contributed by atoms with Crippen molar-refractivity contribution in [1.82, 2.24) is 5.32 Å². The monoisotopic (exact) mass is 297 g/mol. The maximum atomic E-state index is 11.7. The van der Waals surface area contributed by atoms with Crippen molar-refractivity contribution in [2.24, 2.45) is 0 Å². The lowest BCUT2D eigenvalue weighted by Crippen LogP contribution is -2.44. The van der Waals surface area contributed by atoms with Crippen molar-refractivity contribution in [3.05, 3.63) is 59.7 Å². The quantitative estimate of drug-likeness (QED) is 0.884. The largest absolute Gasteiger partial charge is 0.468 e. The van der Waals surface area contributed by atoms with Crippen LogP contribution in [0.2, 0.25) is 0 Å². The third kappa shape index (κ3) is 2.97. The molecule has 1 aliphatic rings. The molecule has 114 valence electrons. The van der Waals surface area contributed by atoms with Crippen molar-refractivity contribution in [3.63, 3.8) is 0 Å². The van der Waals surface area contributed by atoms with Gasteiger partial charge in [-0.3, -0.25) is 10.1 Å². The van der Waals surface area contributed by atoms with Crippen LogP contribution in [0.4, 0.5) is 0 Å². The first-order chi connectivity index (χ1) is 10.7. The van der Waals surface area contributed by atoms with Gasteiger partial charge >= 0.3 is 5.97 Å². The van der Waals surface area contributed by atoms with Crippen LogP contribution >= 0.6 is 0 Å². The van der Waals surface area contributed by atoms with Crippen molar-refractivity contribution in [2.45, 2.75) is 25.4 Å². The molecular formula is C18H19NO3. The summed E-state index contributed by atoms with van der Waals surface area (Å²) < 4.78 is 10.7. The van der Waals surface area contributed by atoms with E-state index in [9.17, 15) is 4.79 Å². The minimum atomic E-state index is -0.284. The van der Waals surface area contributed by atoms with E-state index in [1.165, 1.54) is 7.11 Å². The van der Waals surface area contributed by atoms with E-state index < -0.39 is 0 Å². The number of methoxy groups -OCH3 is 1. The van der Waals surface area contributed by atoms with E-state index in [2.05, 4.69) is 5.32 Å². The maximum Gasteiger partial charge on any atom is 0.323 e. The molecule has 1 heterocycles. The van der Waals surface area contributed by atoms with Gasteiger partial charge in [-0.1, -0.05) is 24.3 Å². The number of carbonyl (C=O) groups excluding carboxylic acids is 1. The van der Waals surface area contributed by atoms with Crippen LogP contribution in [0.25, 0.3) is 0 Å². The molecule has 0 aromatic heterocycles. The van der Waals surface area contributed by atoms with Crippen molar-refractivity contribution in [2.75, 3.05) is 7.11 Å². The van der Waals surface area contributed by atoms with Gasteiger partial charge in [0.2, 0.25) is 0 Å². The molecular weight excluding hydrogens is 278 g/mol. The summed E-state index contributed by atoms with van der Waals surface area (Å²) in [5, 5.41) is 3.28. The fourth-order valence-corrected chi connectivity index (χ4v) is 2.81. The molecule has 22 heavy (non-hydrogen) atoms. The summed E-state index contributed by atoms with van der Waals surface area (Å²) in [7, 11) is 1.42. The van der Waals surface area contributed by atoms with E-state index in [4.69, 9.17) is 9.47 Å². The molecule has 1 aliphatic heterocycles. The third-order valence-electron chi connectivity index (χ3n) is 3.92. The zero-order valence-electron chi connectivity index (χ0n) is 12.7. The lowest BCUT2D eigenvalue weighted by Gasteiger charge is -2.30. The average Bonchev–Trinajstić information content (AvgIpc) is 2.55. The highest BCUT2D eigenvalue weighted by molar-refractivity contribution is 5.76. The zero-order chi connectivity index (χ0) is 15.5. The van der Waals surface area contributed by atoms with E-state index in [0.29, 0.717) is 6.42 Å². The smallest absolute Gasteiger partial charge is 0.323 e. The summed E-state index contributed by atoms with van der Waals surface area (Å²) in [5.41, 5.74) is 2.32. The van der Waals surface area contributed by atoms with Gasteiger partial charge in [0.1, 0.15) is 17.5 Å². The van der Waals surface area contributed by atoms with E-state index >= 15 is 0 Å². The van der Waals surface area contributed by atoms with Gasteiger partial charge in [0.15, 0.2) is 0 Å². The minimum Gasteiger partial charge on any atom is -0.468 e. The standard InChI is InChI=1S/C18H19NO3/c1-12-16-11-15(22-14-6-4-3-5-7-14)9-8-13(16)10-17(19-12)18(20)21-2/h3-9,11-12,17,19H,10H2,1-2H3. The van der Waals surface area contributed by atoms with Gasteiger partial charge in [-0.15, -0.1) is 0 Å². The summed E-state index contributed by atoms with van der Waals surface area (Å²) in [4.78, 5) is 11.7. The van der Waals surface area contributed by atoms with Crippen LogP contribution in [0.5, 0.6) is 11.5 Å². The van der Waals surface area contributed by atoms with Crippen LogP contribution < -0.4 is 10.1 Å². The highest BCUT2D eigenvalue weighted by Crippen LogP contribution is 2.31. The van der Waals surface area contributed by atoms with Crippen LogP contribution in [0.15, 0.2) is 48.5 Å². The van der Waals surface area contributed by atoms with Gasteiger partial charge in [-0.2, -0.15) is 0 Å². The highest BCUT2D eigenvalue weighted by Gasteiger charge is 2.29. The summed E-state index contributed by atoms with van der Waals surface area (Å²) in [5.74, 6) is 1.39. The normalized spacial score (nSPS) is 20.1. The van der Waals surface area contributed by atoms with Gasteiger partial charge in [-0.05, 0) is 48.7 Å². The summed E-state index contributed by atoms with van der Waals surface area (Å²) in [6, 6.07) is 15.5. The number of benzene rings is 2. The zero-order valence-corrected chi connectivity index (χ0v) is 12.7. The molecule has 2 atom stereocenters. The highest BCUT2D eigenvalue weighted by atomic mass is 16.5. The van der Waals surface area contributed by atoms with Crippen molar-refractivity contribution in [3.8, 4) is 11.5 Å². The Bertz CT molecular complexity index is 669. The second kappa shape index (κ2) is 6.20. The van der Waals surface area contributed by atoms with E-state index in [0.717, 1.165) is 22.6 Å². The number of para-hydroxylation sites is 1. The number of hydrogen-bond donors (Lipinski definition) is 1. The second-order valence-corrected chi connectivity index (χ2v) is 5.44. The number of fused-ring (bicyclic) bond motifs is 1. The SMILES string of the molecule is COC(=O)C1Cc2ccc(Oc3ccccc3)cc2C(C)N1. The van der Waals surface area contributed by atoms with Crippen LogP contribution in [-0.4, -0.2) is 19.1 Å². The van der Waals surface area contributed by atoms with Crippen LogP contribution in [0.1, 0.15) is 24.1 Å². The molecule has 0 amide bonds. The maximum absolute atomic E-state index is 11.7. The molecule has 3 rings (SSSR count). The fourth-order valence-electron chi connectivity index (χ4n) is 2.81. The van der Waals surface area contributed by atoms with Gasteiger partial charge in [0.05, 0.1) is 7.11 Å². The number of hydrogen-bond acceptors (Lipinski definition) is 4. The molecule has 0 radical (unpaired) electrons. The first kappa shape index (κ1) is 14.6. The first-order valence-electron chi connectivity index (χ1n) is 7.37. The molecule has 2 aromatic carbocycles. The number of carbonyl (C=O) groups is 1. The van der Waals surface area contributed by atoms with Gasteiger partial charge in [0, 0.05) is 6.04 Å². The fraction of sp³-hybridized carbons (Fsp3) is 0.278. The number of ether oxygens (including phenoxy) is 2. The lowest BCUT2D eigenvalue weighted by atomic mass is 9.91. The summed E-state index contributed by atoms with van der Waals surface area (Å²) in [6.45, 7) is 2.04. The Hall–Kier alpha value is -2.33. The number of nitrogens with one attached hydrogen (secondary N) is 1. The molecule has 2 unspecified atom stereocenters. The molecule has 4 nitrogen and oxygen atoms in total.